The first-order valence-corrected chi connectivity index (χ1v) is 13.1. The number of carbonyl (C=O) groups excluding carboxylic acids is 1. The van der Waals surface area contributed by atoms with Crippen LogP contribution in [-0.4, -0.2) is 46.7 Å². The Morgan fingerprint density at radius 1 is 1.11 bits per heavy atom. The van der Waals surface area contributed by atoms with Gasteiger partial charge in [-0.2, -0.15) is 0 Å². The first-order chi connectivity index (χ1) is 17.6. The van der Waals surface area contributed by atoms with Gasteiger partial charge in [0.15, 0.2) is 5.82 Å². The zero-order valence-electron chi connectivity index (χ0n) is 20.4. The molecule has 1 aliphatic rings. The van der Waals surface area contributed by atoms with Gasteiger partial charge in [0, 0.05) is 40.5 Å². The molecular formula is C29H30N4O2S. The maximum Gasteiger partial charge on any atom is 0.268 e. The molecule has 1 saturated carbocycles. The number of aromatic nitrogens is 1. The zero-order valence-corrected chi connectivity index (χ0v) is 21.2. The minimum absolute atomic E-state index is 0.0882. The summed E-state index contributed by atoms with van der Waals surface area (Å²) in [6.45, 7) is 4.01. The molecule has 2 aromatic heterocycles. The maximum atomic E-state index is 13.9. The van der Waals surface area contributed by atoms with Gasteiger partial charge in [-0.1, -0.05) is 30.3 Å². The van der Waals surface area contributed by atoms with E-state index in [0.29, 0.717) is 23.3 Å². The van der Waals surface area contributed by atoms with Crippen LogP contribution < -0.4 is 5.32 Å². The van der Waals surface area contributed by atoms with Crippen LogP contribution in [0.5, 0.6) is 5.75 Å². The van der Waals surface area contributed by atoms with Crippen LogP contribution >= 0.6 is 11.3 Å². The maximum absolute atomic E-state index is 13.9. The molecule has 0 unspecified atom stereocenters. The largest absolute Gasteiger partial charge is 0.506 e. The summed E-state index contributed by atoms with van der Waals surface area (Å²) in [6, 6.07) is 20.3. The molecule has 36 heavy (non-hydrogen) atoms. The van der Waals surface area contributed by atoms with Gasteiger partial charge < -0.3 is 15.3 Å². The fourth-order valence-electron chi connectivity index (χ4n) is 5.05. The van der Waals surface area contributed by atoms with Gasteiger partial charge in [0.2, 0.25) is 0 Å². The quantitative estimate of drug-likeness (QED) is 0.299. The van der Waals surface area contributed by atoms with Gasteiger partial charge in [-0.15, -0.1) is 11.3 Å². The van der Waals surface area contributed by atoms with E-state index in [2.05, 4.69) is 34.1 Å². The van der Waals surface area contributed by atoms with Crippen molar-refractivity contribution in [2.45, 2.75) is 44.3 Å². The van der Waals surface area contributed by atoms with Crippen molar-refractivity contribution in [3.8, 4) is 16.9 Å². The van der Waals surface area contributed by atoms with Crippen LogP contribution in [0.2, 0.25) is 0 Å². The molecule has 2 N–H and O–H groups in total. The molecule has 0 spiro atoms. The molecule has 0 aliphatic heterocycles. The third kappa shape index (κ3) is 4.90. The summed E-state index contributed by atoms with van der Waals surface area (Å²) in [6.07, 6.45) is 5.71. The topological polar surface area (TPSA) is 77.8 Å². The van der Waals surface area contributed by atoms with Crippen LogP contribution in [-0.2, 0) is 6.54 Å². The summed E-state index contributed by atoms with van der Waals surface area (Å²) in [7, 11) is 2.00. The van der Waals surface area contributed by atoms with Crippen molar-refractivity contribution in [1.82, 2.24) is 15.2 Å². The number of thiophene rings is 1. The number of pyridine rings is 1. The number of hydrogen-bond donors (Lipinski definition) is 2. The zero-order chi connectivity index (χ0) is 25.1. The molecule has 0 atom stereocenters. The average Bonchev–Trinajstić information content (AvgIpc) is 3.28. The number of nitrogens with one attached hydrogen (secondary N) is 1. The third-order valence-corrected chi connectivity index (χ3v) is 8.24. The van der Waals surface area contributed by atoms with E-state index in [4.69, 9.17) is 0 Å². The molecular weight excluding hydrogens is 468 g/mol. The van der Waals surface area contributed by atoms with Crippen LogP contribution in [0.1, 0.15) is 40.9 Å². The summed E-state index contributed by atoms with van der Waals surface area (Å²) >= 11 is 1.37. The van der Waals surface area contributed by atoms with E-state index >= 15 is 0 Å². The number of benzene rings is 2. The molecule has 1 aliphatic carbocycles. The predicted molar refractivity (Wildman–Crippen MR) is 147 cm³/mol. The van der Waals surface area contributed by atoms with Crippen LogP contribution in [0.15, 0.2) is 71.9 Å². The summed E-state index contributed by atoms with van der Waals surface area (Å²) in [4.78, 5) is 24.5. The molecule has 0 bridgehead atoms. The van der Waals surface area contributed by atoms with E-state index in [1.54, 1.807) is 6.20 Å². The Bertz CT molecular complexity index is 1370. The summed E-state index contributed by atoms with van der Waals surface area (Å²) in [5, 5.41) is 15.0. The number of rotatable bonds is 7. The highest BCUT2D eigenvalue weighted by molar-refractivity contribution is 7.21. The summed E-state index contributed by atoms with van der Waals surface area (Å²) in [5.41, 5.74) is 3.06. The molecule has 0 radical (unpaired) electrons. The second kappa shape index (κ2) is 10.6. The Kier molecular flexibility index (Phi) is 7.11. The standard InChI is InChI=1S/C29H30N4O2S/c1-30-22-11-13-23(14-12-22)33(29(35)28-27(34)24-8-3-4-9-25(24)36-28)18-19-6-5-7-20(16-19)21-10-15-26(31-2)32-17-21/h3-10,15-17,22-23,30,34H,2,11-14,18H2,1H3. The predicted octanol–water partition coefficient (Wildman–Crippen LogP) is 6.17. The normalized spacial score (nSPS) is 17.7. The Balaban J connectivity index is 1.46. The van der Waals surface area contributed by atoms with E-state index in [-0.39, 0.29) is 17.7 Å². The van der Waals surface area contributed by atoms with Crippen molar-refractivity contribution < 1.29 is 9.90 Å². The first kappa shape index (κ1) is 24.2. The van der Waals surface area contributed by atoms with Crippen molar-refractivity contribution in [1.29, 1.82) is 0 Å². The van der Waals surface area contributed by atoms with Gasteiger partial charge in [0.25, 0.3) is 5.91 Å². The van der Waals surface area contributed by atoms with Crippen molar-refractivity contribution in [2.75, 3.05) is 7.05 Å². The van der Waals surface area contributed by atoms with Gasteiger partial charge in [-0.3, -0.25) is 4.79 Å². The van der Waals surface area contributed by atoms with Crippen LogP contribution in [0.4, 0.5) is 5.82 Å². The van der Waals surface area contributed by atoms with Crippen molar-refractivity contribution in [3.05, 3.63) is 77.3 Å². The highest BCUT2D eigenvalue weighted by Gasteiger charge is 2.31. The Hall–Kier alpha value is -3.55. The van der Waals surface area contributed by atoms with Gasteiger partial charge in [0.05, 0.1) is 0 Å². The van der Waals surface area contributed by atoms with E-state index in [1.807, 2.05) is 60.5 Å². The van der Waals surface area contributed by atoms with Crippen LogP contribution in [0.3, 0.4) is 0 Å². The lowest BCUT2D eigenvalue weighted by molar-refractivity contribution is 0.0603. The number of fused-ring (bicyclic) bond motifs is 1. The molecule has 184 valence electrons. The Morgan fingerprint density at radius 3 is 2.61 bits per heavy atom. The van der Waals surface area contributed by atoms with Crippen molar-refractivity contribution in [2.24, 2.45) is 4.99 Å². The van der Waals surface area contributed by atoms with Crippen LogP contribution in [0.25, 0.3) is 21.2 Å². The van der Waals surface area contributed by atoms with Crippen LogP contribution in [0, 0.1) is 0 Å². The summed E-state index contributed by atoms with van der Waals surface area (Å²) < 4.78 is 0.921. The van der Waals surface area contributed by atoms with E-state index in [9.17, 15) is 9.90 Å². The SMILES string of the molecule is C=Nc1ccc(-c2cccc(CN(C(=O)c3sc4ccccc4c3O)C3CCC(NC)CC3)c2)cn1. The molecule has 0 saturated heterocycles. The van der Waals surface area contributed by atoms with Crippen molar-refractivity contribution in [3.63, 3.8) is 0 Å². The number of carbonyl (C=O) groups is 1. The average molecular weight is 499 g/mol. The lowest BCUT2D eigenvalue weighted by Gasteiger charge is -2.37. The molecule has 1 fully saturated rings. The summed E-state index contributed by atoms with van der Waals surface area (Å²) in [5.74, 6) is 0.576. The molecule has 4 aromatic rings. The lowest BCUT2D eigenvalue weighted by atomic mass is 9.89. The molecule has 5 rings (SSSR count). The number of amides is 1. The number of aliphatic imine (C=N–C) groups is 1. The fraction of sp³-hybridized carbons (Fsp3) is 0.276. The third-order valence-electron chi connectivity index (χ3n) is 7.09. The van der Waals surface area contributed by atoms with E-state index < -0.39 is 0 Å². The Labute approximate surface area is 215 Å². The second-order valence-electron chi connectivity index (χ2n) is 9.27. The molecule has 1 amide bonds. The monoisotopic (exact) mass is 498 g/mol. The fourth-order valence-corrected chi connectivity index (χ4v) is 6.10. The Morgan fingerprint density at radius 2 is 1.92 bits per heavy atom. The minimum Gasteiger partial charge on any atom is -0.506 e. The van der Waals surface area contributed by atoms with E-state index in [0.717, 1.165) is 52.5 Å². The highest BCUT2D eigenvalue weighted by Crippen LogP contribution is 2.39. The minimum atomic E-state index is -0.102. The first-order valence-electron chi connectivity index (χ1n) is 12.3. The lowest BCUT2D eigenvalue weighted by Crippen LogP contribution is -2.44. The molecule has 6 nitrogen and oxygen atoms in total. The molecule has 2 heterocycles. The van der Waals surface area contributed by atoms with E-state index in [1.165, 1.54) is 11.3 Å². The van der Waals surface area contributed by atoms with Gasteiger partial charge in [-0.05, 0) is 80.9 Å². The second-order valence-corrected chi connectivity index (χ2v) is 10.3. The number of hydrogen-bond acceptors (Lipinski definition) is 6. The van der Waals surface area contributed by atoms with Gasteiger partial charge >= 0.3 is 0 Å². The van der Waals surface area contributed by atoms with Gasteiger partial charge in [-0.25, -0.2) is 9.98 Å². The molecule has 2 aromatic carbocycles. The smallest absolute Gasteiger partial charge is 0.268 e. The number of aromatic hydroxyl groups is 1. The molecule has 7 heteroatoms. The highest BCUT2D eigenvalue weighted by atomic mass is 32.1. The number of nitrogens with zero attached hydrogens (tertiary/aromatic N) is 3. The van der Waals surface area contributed by atoms with Gasteiger partial charge in [0.1, 0.15) is 10.6 Å². The van der Waals surface area contributed by atoms with Crippen molar-refractivity contribution >= 4 is 39.9 Å².